The molecule has 1 aromatic heterocycles. The normalized spacial score (nSPS) is 20.1. The van der Waals surface area contributed by atoms with Gasteiger partial charge in [0.1, 0.15) is 0 Å². The number of carbonyl (C=O) groups is 1. The van der Waals surface area contributed by atoms with Crippen molar-refractivity contribution in [1.29, 1.82) is 0 Å². The van der Waals surface area contributed by atoms with Crippen LogP contribution >= 0.6 is 23.1 Å². The zero-order valence-corrected chi connectivity index (χ0v) is 11.2. The molecule has 88 valence electrons. The van der Waals surface area contributed by atoms with Crippen molar-refractivity contribution < 1.29 is 4.79 Å². The molecule has 1 fully saturated rings. The Morgan fingerprint density at radius 1 is 1.41 bits per heavy atom. The van der Waals surface area contributed by atoms with Crippen molar-refractivity contribution >= 4 is 39.1 Å². The summed E-state index contributed by atoms with van der Waals surface area (Å²) in [7, 11) is 0. The second-order valence-electron chi connectivity index (χ2n) is 4.12. The molecule has 1 saturated heterocycles. The molecule has 0 aliphatic carbocycles. The summed E-state index contributed by atoms with van der Waals surface area (Å²) in [5.74, 6) is 1.24. The van der Waals surface area contributed by atoms with Crippen molar-refractivity contribution in [3.05, 3.63) is 35.2 Å². The predicted octanol–water partition coefficient (Wildman–Crippen LogP) is 3.44. The first-order valence-electron chi connectivity index (χ1n) is 5.67. The number of fused-ring (bicyclic) bond motifs is 1. The average Bonchev–Trinajstić information content (AvgIpc) is 2.93. The Hall–Kier alpha value is -1.00. The molecule has 1 aromatic carbocycles. The number of carbonyl (C=O) groups excluding carboxylic acids is 1. The minimum absolute atomic E-state index is 0.184. The SMILES string of the molecule is CC1SCCN1C(=O)c1cc2ccccc2s1. The number of nitrogens with zero attached hydrogens (tertiary/aromatic N) is 1. The fraction of sp³-hybridized carbons (Fsp3) is 0.308. The fourth-order valence-electron chi connectivity index (χ4n) is 2.09. The molecule has 1 atom stereocenters. The van der Waals surface area contributed by atoms with Gasteiger partial charge in [0.15, 0.2) is 0 Å². The maximum absolute atomic E-state index is 12.4. The summed E-state index contributed by atoms with van der Waals surface area (Å²) in [5.41, 5.74) is 0. The molecular formula is C13H13NOS2. The van der Waals surface area contributed by atoms with E-state index in [1.54, 1.807) is 11.3 Å². The number of thioether (sulfide) groups is 1. The van der Waals surface area contributed by atoms with Crippen molar-refractivity contribution in [2.24, 2.45) is 0 Å². The van der Waals surface area contributed by atoms with Crippen molar-refractivity contribution in [3.8, 4) is 0 Å². The summed E-state index contributed by atoms with van der Waals surface area (Å²) < 4.78 is 1.19. The Labute approximate surface area is 109 Å². The van der Waals surface area contributed by atoms with Crippen molar-refractivity contribution in [1.82, 2.24) is 4.90 Å². The van der Waals surface area contributed by atoms with E-state index >= 15 is 0 Å². The molecule has 2 heterocycles. The highest BCUT2D eigenvalue weighted by molar-refractivity contribution is 8.00. The van der Waals surface area contributed by atoms with E-state index < -0.39 is 0 Å². The lowest BCUT2D eigenvalue weighted by atomic mass is 10.2. The van der Waals surface area contributed by atoms with E-state index in [1.165, 1.54) is 10.1 Å². The van der Waals surface area contributed by atoms with Crippen LogP contribution in [0, 0.1) is 0 Å². The molecule has 17 heavy (non-hydrogen) atoms. The lowest BCUT2D eigenvalue weighted by molar-refractivity contribution is 0.0773. The van der Waals surface area contributed by atoms with Crippen LogP contribution in [0.5, 0.6) is 0 Å². The average molecular weight is 263 g/mol. The maximum Gasteiger partial charge on any atom is 0.264 e. The Morgan fingerprint density at radius 2 is 2.24 bits per heavy atom. The van der Waals surface area contributed by atoms with Crippen LogP contribution in [0.25, 0.3) is 10.1 Å². The third kappa shape index (κ3) is 1.96. The summed E-state index contributed by atoms with van der Waals surface area (Å²) in [6, 6.07) is 10.2. The van der Waals surface area contributed by atoms with Crippen molar-refractivity contribution in [3.63, 3.8) is 0 Å². The quantitative estimate of drug-likeness (QED) is 0.785. The Morgan fingerprint density at radius 3 is 2.94 bits per heavy atom. The smallest absolute Gasteiger partial charge is 0.264 e. The van der Waals surface area contributed by atoms with Crippen LogP contribution in [0.1, 0.15) is 16.6 Å². The highest BCUT2D eigenvalue weighted by Crippen LogP contribution is 2.30. The topological polar surface area (TPSA) is 20.3 Å². The van der Waals surface area contributed by atoms with Crippen molar-refractivity contribution in [2.75, 3.05) is 12.3 Å². The van der Waals surface area contributed by atoms with Gasteiger partial charge >= 0.3 is 0 Å². The van der Waals surface area contributed by atoms with Gasteiger partial charge in [-0.2, -0.15) is 0 Å². The third-order valence-corrected chi connectivity index (χ3v) is 5.29. The van der Waals surface area contributed by atoms with E-state index in [-0.39, 0.29) is 5.91 Å². The molecule has 0 N–H and O–H groups in total. The van der Waals surface area contributed by atoms with E-state index in [4.69, 9.17) is 0 Å². The second kappa shape index (κ2) is 4.35. The first-order chi connectivity index (χ1) is 8.25. The number of rotatable bonds is 1. The van der Waals surface area contributed by atoms with E-state index in [0.717, 1.165) is 17.2 Å². The van der Waals surface area contributed by atoms with Crippen LogP contribution in [0.4, 0.5) is 0 Å². The van der Waals surface area contributed by atoms with Gasteiger partial charge in [0.2, 0.25) is 0 Å². The molecule has 0 bridgehead atoms. The van der Waals surface area contributed by atoms with Gasteiger partial charge in [-0.3, -0.25) is 4.79 Å². The fourth-order valence-corrected chi connectivity index (χ4v) is 4.13. The van der Waals surface area contributed by atoms with Gasteiger partial charge < -0.3 is 4.90 Å². The predicted molar refractivity (Wildman–Crippen MR) is 74.8 cm³/mol. The monoisotopic (exact) mass is 263 g/mol. The highest BCUT2D eigenvalue weighted by Gasteiger charge is 2.27. The molecule has 2 nitrogen and oxygen atoms in total. The first kappa shape index (κ1) is 11.1. The molecule has 1 aliphatic heterocycles. The number of thiophene rings is 1. The lowest BCUT2D eigenvalue weighted by Crippen LogP contribution is -2.32. The molecular weight excluding hydrogens is 250 g/mol. The maximum atomic E-state index is 12.4. The summed E-state index contributed by atoms with van der Waals surface area (Å²) in [5, 5.41) is 1.48. The second-order valence-corrected chi connectivity index (χ2v) is 6.62. The largest absolute Gasteiger partial charge is 0.325 e. The Balaban J connectivity index is 1.95. The zero-order chi connectivity index (χ0) is 11.8. The molecule has 0 saturated carbocycles. The Kier molecular flexibility index (Phi) is 2.84. The van der Waals surface area contributed by atoms with Crippen LogP contribution in [-0.2, 0) is 0 Å². The summed E-state index contributed by atoms with van der Waals surface area (Å²) >= 11 is 3.44. The van der Waals surface area contributed by atoms with E-state index in [2.05, 4.69) is 19.1 Å². The van der Waals surface area contributed by atoms with Crippen LogP contribution in [0.15, 0.2) is 30.3 Å². The molecule has 1 amide bonds. The lowest BCUT2D eigenvalue weighted by Gasteiger charge is -2.19. The number of hydrogen-bond donors (Lipinski definition) is 0. The first-order valence-corrected chi connectivity index (χ1v) is 7.53. The number of hydrogen-bond acceptors (Lipinski definition) is 3. The minimum Gasteiger partial charge on any atom is -0.325 e. The molecule has 1 aliphatic rings. The highest BCUT2D eigenvalue weighted by atomic mass is 32.2. The summed E-state index contributed by atoms with van der Waals surface area (Å²) in [6.07, 6.45) is 0. The molecule has 0 radical (unpaired) electrons. The van der Waals surface area contributed by atoms with Crippen LogP contribution < -0.4 is 0 Å². The zero-order valence-electron chi connectivity index (χ0n) is 9.55. The number of amides is 1. The van der Waals surface area contributed by atoms with E-state index in [1.807, 2.05) is 34.9 Å². The molecule has 1 unspecified atom stereocenters. The standard InChI is InChI=1S/C13H13NOS2/c1-9-14(6-7-16-9)13(15)12-8-10-4-2-3-5-11(10)17-12/h2-5,8-9H,6-7H2,1H3. The van der Waals surface area contributed by atoms with Gasteiger partial charge in [-0.25, -0.2) is 0 Å². The molecule has 4 heteroatoms. The molecule has 3 rings (SSSR count). The van der Waals surface area contributed by atoms with Gasteiger partial charge in [0.25, 0.3) is 5.91 Å². The third-order valence-electron chi connectivity index (χ3n) is 3.03. The molecule has 2 aromatic rings. The van der Waals surface area contributed by atoms with Gasteiger partial charge in [-0.05, 0) is 24.4 Å². The molecule has 0 spiro atoms. The van der Waals surface area contributed by atoms with Gasteiger partial charge in [-0.1, -0.05) is 18.2 Å². The minimum atomic E-state index is 0.184. The van der Waals surface area contributed by atoms with Gasteiger partial charge in [0.05, 0.1) is 10.3 Å². The summed E-state index contributed by atoms with van der Waals surface area (Å²) in [6.45, 7) is 2.97. The van der Waals surface area contributed by atoms with Crippen molar-refractivity contribution in [2.45, 2.75) is 12.3 Å². The summed E-state index contributed by atoms with van der Waals surface area (Å²) in [4.78, 5) is 15.2. The van der Waals surface area contributed by atoms with Crippen LogP contribution in [0.3, 0.4) is 0 Å². The van der Waals surface area contributed by atoms with E-state index in [0.29, 0.717) is 5.37 Å². The Bertz CT molecular complexity index is 530. The van der Waals surface area contributed by atoms with E-state index in [9.17, 15) is 4.79 Å². The van der Waals surface area contributed by atoms with Crippen LogP contribution in [0.2, 0.25) is 0 Å². The number of benzene rings is 1. The van der Waals surface area contributed by atoms with Crippen LogP contribution in [-0.4, -0.2) is 28.5 Å². The van der Waals surface area contributed by atoms with Gasteiger partial charge in [0, 0.05) is 17.0 Å². The van der Waals surface area contributed by atoms with Gasteiger partial charge in [-0.15, -0.1) is 23.1 Å².